The molecule has 3 nitrogen and oxygen atoms in total. The van der Waals surface area contributed by atoms with Gasteiger partial charge >= 0.3 is 0 Å². The van der Waals surface area contributed by atoms with Gasteiger partial charge < -0.3 is 5.11 Å². The van der Waals surface area contributed by atoms with Crippen LogP contribution >= 0.6 is 0 Å². The lowest BCUT2D eigenvalue weighted by Crippen LogP contribution is -2.52. The molecule has 0 aromatic rings. The molecule has 0 spiro atoms. The summed E-state index contributed by atoms with van der Waals surface area (Å²) in [6.45, 7) is 2.22. The molecule has 4 rings (SSSR count). The van der Waals surface area contributed by atoms with Gasteiger partial charge in [-0.3, -0.25) is 0 Å². The molecule has 2 saturated carbocycles. The Bertz CT molecular complexity index is 618. The fraction of sp³-hybridized carbons (Fsp3) is 0.810. The number of allylic oxidation sites excluding steroid dienone is 1. The zero-order valence-corrected chi connectivity index (χ0v) is 14.8. The van der Waals surface area contributed by atoms with E-state index < -0.39 is 5.60 Å². The van der Waals surface area contributed by atoms with Crippen LogP contribution in [0.3, 0.4) is 0 Å². The Morgan fingerprint density at radius 1 is 1.25 bits per heavy atom. The molecule has 0 aromatic heterocycles. The number of nitroso groups, excluding NO2 is 1. The van der Waals surface area contributed by atoms with Crippen LogP contribution in [0, 0.1) is 40.4 Å². The summed E-state index contributed by atoms with van der Waals surface area (Å²) < 4.78 is 0. The highest BCUT2D eigenvalue weighted by atomic mass is 16.3. The maximum atomic E-state index is 11.1. The first-order valence-corrected chi connectivity index (χ1v) is 9.82. The van der Waals surface area contributed by atoms with Crippen LogP contribution in [0.25, 0.3) is 0 Å². The molecular formula is C21H29NO2. The molecule has 0 heterocycles. The minimum Gasteiger partial charge on any atom is -0.377 e. The van der Waals surface area contributed by atoms with Crippen molar-refractivity contribution in [3.8, 4) is 12.3 Å². The highest BCUT2D eigenvalue weighted by Gasteiger charge is 2.62. The zero-order valence-electron chi connectivity index (χ0n) is 14.8. The second kappa shape index (κ2) is 5.70. The fourth-order valence-corrected chi connectivity index (χ4v) is 7.06. The molecule has 2 fully saturated rings. The summed E-state index contributed by atoms with van der Waals surface area (Å²) in [6, 6.07) is 0.0108. The van der Waals surface area contributed by atoms with Gasteiger partial charge in [-0.25, -0.2) is 0 Å². The minimum atomic E-state index is -0.898. The average Bonchev–Trinajstić information content (AvgIpc) is 2.94. The van der Waals surface area contributed by atoms with Gasteiger partial charge in [0.2, 0.25) is 0 Å². The second-order valence-electron chi connectivity index (χ2n) is 8.64. The van der Waals surface area contributed by atoms with Gasteiger partial charge in [-0.2, -0.15) is 4.91 Å². The zero-order chi connectivity index (χ0) is 16.9. The van der Waals surface area contributed by atoms with Crippen molar-refractivity contribution in [1.82, 2.24) is 0 Å². The van der Waals surface area contributed by atoms with Gasteiger partial charge in [-0.1, -0.05) is 29.2 Å². The van der Waals surface area contributed by atoms with Gasteiger partial charge in [0, 0.05) is 5.41 Å². The molecule has 4 aliphatic rings. The quantitative estimate of drug-likeness (QED) is 0.458. The monoisotopic (exact) mass is 327 g/mol. The smallest absolute Gasteiger partial charge is 0.131 e. The van der Waals surface area contributed by atoms with Crippen molar-refractivity contribution in [3.63, 3.8) is 0 Å². The summed E-state index contributed by atoms with van der Waals surface area (Å²) in [5.74, 6) is 4.71. The second-order valence-corrected chi connectivity index (χ2v) is 8.64. The Kier molecular flexibility index (Phi) is 3.88. The van der Waals surface area contributed by atoms with E-state index in [1.54, 1.807) is 11.1 Å². The average molecular weight is 327 g/mol. The Morgan fingerprint density at radius 3 is 2.79 bits per heavy atom. The van der Waals surface area contributed by atoms with E-state index in [0.29, 0.717) is 17.8 Å². The van der Waals surface area contributed by atoms with Crippen LogP contribution in [0.15, 0.2) is 16.3 Å². The standard InChI is InChI=1S/C21H29NO2/c1-3-20-11-9-17-16-8-6-15(22-24)13-14(16)5-7-18(17)19(20)10-12-21(20,23)4-2/h2,15,17-19,23H,3,5-13H2,1H3/t15?,17-,18-,19+,20+,21+/m1/s1. The van der Waals surface area contributed by atoms with Crippen LogP contribution in [0.1, 0.15) is 71.1 Å². The van der Waals surface area contributed by atoms with Gasteiger partial charge in [0.25, 0.3) is 0 Å². The van der Waals surface area contributed by atoms with Crippen molar-refractivity contribution < 1.29 is 5.11 Å². The van der Waals surface area contributed by atoms with Gasteiger partial charge in [0.15, 0.2) is 0 Å². The summed E-state index contributed by atoms with van der Waals surface area (Å²) in [6.07, 6.45) is 16.1. The molecule has 0 aromatic carbocycles. The fourth-order valence-electron chi connectivity index (χ4n) is 7.06. The predicted octanol–water partition coefficient (Wildman–Crippen LogP) is 4.59. The van der Waals surface area contributed by atoms with E-state index in [4.69, 9.17) is 6.42 Å². The third kappa shape index (κ3) is 2.02. The molecule has 4 aliphatic carbocycles. The lowest BCUT2D eigenvalue weighted by Gasteiger charge is -2.54. The number of terminal acetylenes is 1. The van der Waals surface area contributed by atoms with E-state index in [9.17, 15) is 10.0 Å². The lowest BCUT2D eigenvalue weighted by atomic mass is 9.51. The molecule has 0 amide bonds. The van der Waals surface area contributed by atoms with E-state index in [-0.39, 0.29) is 11.5 Å². The third-order valence-electron chi connectivity index (χ3n) is 8.21. The SMILES string of the molecule is C#C[C@]1(O)CC[C@H]2[C@@H]3CCC4=C(CCC(N=O)C4)[C@H]3CC[C@@]21CC. The van der Waals surface area contributed by atoms with E-state index in [1.165, 1.54) is 6.42 Å². The lowest BCUT2D eigenvalue weighted by molar-refractivity contribution is -0.0859. The number of fused-ring (bicyclic) bond motifs is 4. The highest BCUT2D eigenvalue weighted by Crippen LogP contribution is 2.65. The van der Waals surface area contributed by atoms with E-state index >= 15 is 0 Å². The van der Waals surface area contributed by atoms with E-state index in [0.717, 1.165) is 57.8 Å². The van der Waals surface area contributed by atoms with Crippen LogP contribution < -0.4 is 0 Å². The van der Waals surface area contributed by atoms with E-state index in [1.807, 2.05) is 0 Å². The first kappa shape index (κ1) is 16.3. The van der Waals surface area contributed by atoms with E-state index in [2.05, 4.69) is 18.0 Å². The first-order chi connectivity index (χ1) is 11.6. The number of hydrogen-bond donors (Lipinski definition) is 1. The molecular weight excluding hydrogens is 298 g/mol. The third-order valence-corrected chi connectivity index (χ3v) is 8.21. The number of rotatable bonds is 2. The molecule has 24 heavy (non-hydrogen) atoms. The van der Waals surface area contributed by atoms with Gasteiger partial charge in [-0.15, -0.1) is 6.42 Å². The maximum absolute atomic E-state index is 11.1. The van der Waals surface area contributed by atoms with Gasteiger partial charge in [-0.05, 0) is 82.0 Å². The summed E-state index contributed by atoms with van der Waals surface area (Å²) in [7, 11) is 0. The van der Waals surface area contributed by atoms with Crippen molar-refractivity contribution in [2.75, 3.05) is 0 Å². The van der Waals surface area contributed by atoms with Crippen molar-refractivity contribution >= 4 is 0 Å². The first-order valence-electron chi connectivity index (χ1n) is 9.82. The summed E-state index contributed by atoms with van der Waals surface area (Å²) >= 11 is 0. The molecule has 6 atom stereocenters. The number of aliphatic hydroxyl groups is 1. The number of nitrogens with zero attached hydrogens (tertiary/aromatic N) is 1. The summed E-state index contributed by atoms with van der Waals surface area (Å²) in [5.41, 5.74) is 2.24. The largest absolute Gasteiger partial charge is 0.377 e. The summed E-state index contributed by atoms with van der Waals surface area (Å²) in [5, 5.41) is 14.5. The Morgan fingerprint density at radius 2 is 2.08 bits per heavy atom. The molecule has 0 aliphatic heterocycles. The van der Waals surface area contributed by atoms with Gasteiger partial charge in [0.1, 0.15) is 5.60 Å². The maximum Gasteiger partial charge on any atom is 0.131 e. The Labute approximate surface area is 145 Å². The van der Waals surface area contributed by atoms with Crippen molar-refractivity contribution in [2.45, 2.75) is 82.8 Å². The van der Waals surface area contributed by atoms with Crippen molar-refractivity contribution in [3.05, 3.63) is 16.1 Å². The normalized spacial score (nSPS) is 47.4. The molecule has 1 unspecified atom stereocenters. The Balaban J connectivity index is 1.65. The van der Waals surface area contributed by atoms with Crippen LogP contribution in [-0.2, 0) is 0 Å². The van der Waals surface area contributed by atoms with Crippen LogP contribution in [0.5, 0.6) is 0 Å². The molecule has 130 valence electrons. The van der Waals surface area contributed by atoms with Crippen molar-refractivity contribution in [1.29, 1.82) is 0 Å². The minimum absolute atomic E-state index is 0.0108. The van der Waals surface area contributed by atoms with Crippen LogP contribution in [0.2, 0.25) is 0 Å². The predicted molar refractivity (Wildman–Crippen MR) is 95.1 cm³/mol. The van der Waals surface area contributed by atoms with Gasteiger partial charge in [0.05, 0.1) is 6.04 Å². The highest BCUT2D eigenvalue weighted by molar-refractivity contribution is 5.30. The van der Waals surface area contributed by atoms with Crippen LogP contribution in [-0.4, -0.2) is 16.7 Å². The molecule has 0 saturated heterocycles. The molecule has 3 heteroatoms. The summed E-state index contributed by atoms with van der Waals surface area (Å²) in [4.78, 5) is 10.9. The Hall–Kier alpha value is -1.14. The molecule has 1 N–H and O–H groups in total. The molecule has 0 radical (unpaired) electrons. The van der Waals surface area contributed by atoms with Crippen molar-refractivity contribution in [2.24, 2.45) is 28.3 Å². The number of hydrogen-bond acceptors (Lipinski definition) is 3. The van der Waals surface area contributed by atoms with Crippen LogP contribution in [0.4, 0.5) is 0 Å². The topological polar surface area (TPSA) is 49.7 Å². The molecule has 0 bridgehead atoms.